The van der Waals surface area contributed by atoms with Crippen molar-refractivity contribution in [1.29, 1.82) is 0 Å². The molecule has 0 atom stereocenters. The lowest BCUT2D eigenvalue weighted by Crippen LogP contribution is -1.78. The first-order valence-electron chi connectivity index (χ1n) is 2.40. The largest absolute Gasteiger partial charge is 0.399 e. The van der Waals surface area contributed by atoms with Gasteiger partial charge in [0.1, 0.15) is 19.1 Å². The maximum atomic E-state index is 4.51. The van der Waals surface area contributed by atoms with Gasteiger partial charge in [0, 0.05) is 6.07 Å². The molecule has 0 aliphatic heterocycles. The van der Waals surface area contributed by atoms with Gasteiger partial charge in [-0.1, -0.05) is 10.3 Å². The van der Waals surface area contributed by atoms with Crippen LogP contribution in [0.1, 0.15) is 5.69 Å². The summed E-state index contributed by atoms with van der Waals surface area (Å²) in [4.78, 5) is 4.40. The van der Waals surface area contributed by atoms with Crippen LogP contribution < -0.4 is 0 Å². The Morgan fingerprint density at radius 3 is 3.33 bits per heavy atom. The Kier molecular flexibility index (Phi) is 1.85. The summed E-state index contributed by atoms with van der Waals surface area (Å²) in [6.45, 7) is 0. The summed E-state index contributed by atoms with van der Waals surface area (Å²) in [5.74, 6) is 0. The Morgan fingerprint density at radius 2 is 2.78 bits per heavy atom. The Bertz CT molecular complexity index is 181. The number of aromatic nitrogens is 1. The molecule has 0 fully saturated rings. The number of oxime groups is 1. The first kappa shape index (κ1) is 5.81. The molecule has 1 rings (SSSR count). The van der Waals surface area contributed by atoms with Gasteiger partial charge in [0.05, 0.1) is 6.21 Å². The fraction of sp³-hybridized carbons (Fsp3) is 0.200. The second-order valence-corrected chi connectivity index (χ2v) is 1.34. The molecule has 1 aromatic heterocycles. The third-order valence-corrected chi connectivity index (χ3v) is 0.748. The monoisotopic (exact) mass is 126 g/mol. The van der Waals surface area contributed by atoms with Gasteiger partial charge in [-0.05, 0) is 0 Å². The molecule has 0 aliphatic rings. The van der Waals surface area contributed by atoms with Gasteiger partial charge in [-0.25, -0.2) is 0 Å². The second-order valence-electron chi connectivity index (χ2n) is 1.34. The van der Waals surface area contributed by atoms with E-state index in [1.807, 2.05) is 0 Å². The number of hydrogen-bond donors (Lipinski definition) is 0. The van der Waals surface area contributed by atoms with E-state index in [1.165, 1.54) is 19.6 Å². The van der Waals surface area contributed by atoms with Crippen molar-refractivity contribution in [3.05, 3.63) is 18.0 Å². The molecule has 0 unspecified atom stereocenters. The maximum absolute atomic E-state index is 4.51. The smallest absolute Gasteiger partial charge is 0.128 e. The molecule has 0 bridgehead atoms. The lowest BCUT2D eigenvalue weighted by molar-refractivity contribution is 0.215. The summed E-state index contributed by atoms with van der Waals surface area (Å²) in [6, 6.07) is 1.68. The molecule has 1 heterocycles. The standard InChI is InChI=1S/C5H6N2O2/c1-8-6-4-5-2-3-9-7-5/h2-4H,1H3/b6-4-. The second kappa shape index (κ2) is 2.86. The predicted octanol–water partition coefficient (Wildman–Crippen LogP) is 0.655. The fourth-order valence-corrected chi connectivity index (χ4v) is 0.395. The minimum absolute atomic E-state index is 0.650. The van der Waals surface area contributed by atoms with E-state index in [2.05, 4.69) is 19.7 Å². The van der Waals surface area contributed by atoms with Gasteiger partial charge in [0.15, 0.2) is 0 Å². The van der Waals surface area contributed by atoms with E-state index >= 15 is 0 Å². The van der Waals surface area contributed by atoms with Gasteiger partial charge in [0.2, 0.25) is 0 Å². The Balaban J connectivity index is 2.57. The third-order valence-electron chi connectivity index (χ3n) is 0.748. The van der Waals surface area contributed by atoms with Crippen molar-refractivity contribution >= 4 is 6.21 Å². The van der Waals surface area contributed by atoms with Gasteiger partial charge < -0.3 is 9.36 Å². The van der Waals surface area contributed by atoms with E-state index in [0.717, 1.165) is 0 Å². The van der Waals surface area contributed by atoms with Crippen LogP contribution in [0, 0.1) is 0 Å². The molecule has 4 nitrogen and oxygen atoms in total. The van der Waals surface area contributed by atoms with E-state index in [4.69, 9.17) is 0 Å². The van der Waals surface area contributed by atoms with Crippen molar-refractivity contribution in [2.24, 2.45) is 5.16 Å². The van der Waals surface area contributed by atoms with Crippen LogP contribution in [-0.2, 0) is 4.84 Å². The van der Waals surface area contributed by atoms with Crippen molar-refractivity contribution in [1.82, 2.24) is 5.16 Å². The van der Waals surface area contributed by atoms with E-state index in [1.54, 1.807) is 6.07 Å². The molecule has 48 valence electrons. The summed E-state index contributed by atoms with van der Waals surface area (Å²) in [7, 11) is 1.47. The highest BCUT2D eigenvalue weighted by Gasteiger charge is 1.87. The van der Waals surface area contributed by atoms with Gasteiger partial charge in [-0.15, -0.1) is 0 Å². The van der Waals surface area contributed by atoms with E-state index in [0.29, 0.717) is 5.69 Å². The van der Waals surface area contributed by atoms with Crippen LogP contribution in [-0.4, -0.2) is 18.5 Å². The van der Waals surface area contributed by atoms with Crippen LogP contribution in [0.2, 0.25) is 0 Å². The summed E-state index contributed by atoms with van der Waals surface area (Å²) in [5.41, 5.74) is 0.650. The van der Waals surface area contributed by atoms with E-state index in [-0.39, 0.29) is 0 Å². The summed E-state index contributed by atoms with van der Waals surface area (Å²) in [5, 5.41) is 7.02. The summed E-state index contributed by atoms with van der Waals surface area (Å²) >= 11 is 0. The summed E-state index contributed by atoms with van der Waals surface area (Å²) < 4.78 is 4.51. The average Bonchev–Trinajstić information content (AvgIpc) is 2.34. The van der Waals surface area contributed by atoms with Crippen LogP contribution in [0.15, 0.2) is 22.0 Å². The van der Waals surface area contributed by atoms with Crippen LogP contribution in [0.5, 0.6) is 0 Å². The van der Waals surface area contributed by atoms with Crippen LogP contribution in [0.3, 0.4) is 0 Å². The quantitative estimate of drug-likeness (QED) is 0.432. The molecule has 0 saturated heterocycles. The molecular formula is C5H6N2O2. The zero-order chi connectivity index (χ0) is 6.53. The first-order chi connectivity index (χ1) is 4.43. The topological polar surface area (TPSA) is 47.6 Å². The molecule has 9 heavy (non-hydrogen) atoms. The van der Waals surface area contributed by atoms with Crippen LogP contribution in [0.25, 0.3) is 0 Å². The molecule has 4 heteroatoms. The number of rotatable bonds is 2. The lowest BCUT2D eigenvalue weighted by Gasteiger charge is -1.79. The third kappa shape index (κ3) is 1.56. The minimum Gasteiger partial charge on any atom is -0.399 e. The Labute approximate surface area is 52.1 Å². The first-order valence-corrected chi connectivity index (χ1v) is 2.40. The molecule has 0 aromatic carbocycles. The summed E-state index contributed by atoms with van der Waals surface area (Å²) in [6.07, 6.45) is 2.93. The van der Waals surface area contributed by atoms with Crippen molar-refractivity contribution in [2.75, 3.05) is 7.11 Å². The van der Waals surface area contributed by atoms with Gasteiger partial charge in [-0.3, -0.25) is 0 Å². The highest BCUT2D eigenvalue weighted by Crippen LogP contribution is 1.88. The predicted molar refractivity (Wildman–Crippen MR) is 31.1 cm³/mol. The highest BCUT2D eigenvalue weighted by atomic mass is 16.6. The van der Waals surface area contributed by atoms with Crippen molar-refractivity contribution in [2.45, 2.75) is 0 Å². The minimum atomic E-state index is 0.650. The normalized spacial score (nSPS) is 10.3. The van der Waals surface area contributed by atoms with Crippen LogP contribution >= 0.6 is 0 Å². The molecule has 0 saturated carbocycles. The number of hydrogen-bond acceptors (Lipinski definition) is 4. The molecule has 0 N–H and O–H groups in total. The Hall–Kier alpha value is -1.32. The zero-order valence-corrected chi connectivity index (χ0v) is 4.94. The molecule has 0 radical (unpaired) electrons. The maximum Gasteiger partial charge on any atom is 0.128 e. The van der Waals surface area contributed by atoms with Crippen LogP contribution in [0.4, 0.5) is 0 Å². The van der Waals surface area contributed by atoms with E-state index < -0.39 is 0 Å². The zero-order valence-electron chi connectivity index (χ0n) is 4.94. The van der Waals surface area contributed by atoms with Crippen molar-refractivity contribution in [3.63, 3.8) is 0 Å². The van der Waals surface area contributed by atoms with E-state index in [9.17, 15) is 0 Å². The van der Waals surface area contributed by atoms with Gasteiger partial charge in [-0.2, -0.15) is 0 Å². The molecule has 1 aromatic rings. The fourth-order valence-electron chi connectivity index (χ4n) is 0.395. The molecule has 0 spiro atoms. The van der Waals surface area contributed by atoms with Crippen molar-refractivity contribution < 1.29 is 9.36 Å². The number of nitrogens with zero attached hydrogens (tertiary/aromatic N) is 2. The molecular weight excluding hydrogens is 120 g/mol. The van der Waals surface area contributed by atoms with Crippen molar-refractivity contribution in [3.8, 4) is 0 Å². The molecule has 0 aliphatic carbocycles. The SMILES string of the molecule is CO/N=C\c1ccon1. The molecule has 0 amide bonds. The van der Waals surface area contributed by atoms with Gasteiger partial charge >= 0.3 is 0 Å². The average molecular weight is 126 g/mol. The Morgan fingerprint density at radius 1 is 1.89 bits per heavy atom. The van der Waals surface area contributed by atoms with Gasteiger partial charge in [0.25, 0.3) is 0 Å². The lowest BCUT2D eigenvalue weighted by atomic mass is 10.5. The highest BCUT2D eigenvalue weighted by molar-refractivity contribution is 5.75.